The van der Waals surface area contributed by atoms with Crippen molar-refractivity contribution >= 4 is 28.7 Å². The molecule has 0 aliphatic carbocycles. The van der Waals surface area contributed by atoms with Gasteiger partial charge in [-0.3, -0.25) is 0 Å². The van der Waals surface area contributed by atoms with Gasteiger partial charge in [0.2, 0.25) is 5.82 Å². The molecular formula is C21H22F2N8OS. The quantitative estimate of drug-likeness (QED) is 0.449. The van der Waals surface area contributed by atoms with Gasteiger partial charge in [-0.05, 0) is 44.1 Å². The van der Waals surface area contributed by atoms with Gasteiger partial charge in [-0.15, -0.1) is 22.0 Å². The Balaban J connectivity index is 1.47. The van der Waals surface area contributed by atoms with Crippen molar-refractivity contribution in [3.63, 3.8) is 0 Å². The van der Waals surface area contributed by atoms with E-state index in [0.29, 0.717) is 11.5 Å². The first-order chi connectivity index (χ1) is 16.1. The highest BCUT2D eigenvalue weighted by Crippen LogP contribution is 2.35. The Bertz CT molecular complexity index is 1210. The van der Waals surface area contributed by atoms with E-state index in [1.807, 2.05) is 12.3 Å². The van der Waals surface area contributed by atoms with Crippen molar-refractivity contribution in [2.75, 3.05) is 30.9 Å². The molecule has 0 radical (unpaired) electrons. The van der Waals surface area contributed by atoms with E-state index in [4.69, 9.17) is 10.5 Å². The van der Waals surface area contributed by atoms with Gasteiger partial charge in [0.1, 0.15) is 11.5 Å². The number of pyridine rings is 1. The predicted molar refractivity (Wildman–Crippen MR) is 123 cm³/mol. The summed E-state index contributed by atoms with van der Waals surface area (Å²) in [5.41, 5.74) is 12.6. The van der Waals surface area contributed by atoms with Gasteiger partial charge in [0.15, 0.2) is 17.4 Å². The molecule has 1 saturated heterocycles. The number of hydrazone groups is 1. The van der Waals surface area contributed by atoms with E-state index < -0.39 is 11.6 Å². The molecule has 172 valence electrons. The fraction of sp³-hybridized carbons (Fsp3) is 0.286. The number of hydrogen-bond donors (Lipinski definition) is 4. The molecule has 1 aromatic carbocycles. The molecule has 33 heavy (non-hydrogen) atoms. The Morgan fingerprint density at radius 3 is 2.76 bits per heavy atom. The van der Waals surface area contributed by atoms with E-state index in [-0.39, 0.29) is 23.1 Å². The number of amidine groups is 1. The standard InChI is InChI=1S/C21H22F2N8OS/c1-32-15-3-2-14(17(22)18(15)23)31-20(28-29-30-31)13-8-12(9-26-19(13)24)16-10-27-21(33-16)11-4-6-25-7-5-11/h2-3,8-11,25,29-30H,4-7H2,1H3,(H2,24,26). The summed E-state index contributed by atoms with van der Waals surface area (Å²) >= 11 is 1.63. The Morgan fingerprint density at radius 2 is 1.97 bits per heavy atom. The van der Waals surface area contributed by atoms with Crippen LogP contribution in [0.25, 0.3) is 10.4 Å². The van der Waals surface area contributed by atoms with Crippen molar-refractivity contribution in [3.05, 3.63) is 52.8 Å². The molecule has 4 heterocycles. The first kappa shape index (κ1) is 21.5. The number of benzene rings is 1. The number of nitrogens with two attached hydrogens (primary N) is 1. The minimum Gasteiger partial charge on any atom is -0.494 e. The number of thiazole rings is 1. The molecule has 9 nitrogen and oxygen atoms in total. The zero-order chi connectivity index (χ0) is 22.9. The number of nitrogen functional groups attached to an aromatic ring is 1. The van der Waals surface area contributed by atoms with Crippen LogP contribution in [0.2, 0.25) is 0 Å². The molecule has 1 fully saturated rings. The van der Waals surface area contributed by atoms with Crippen molar-refractivity contribution in [1.29, 1.82) is 0 Å². The number of hydrazine groups is 2. The normalized spacial score (nSPS) is 16.6. The number of aromatic nitrogens is 2. The second-order valence-corrected chi connectivity index (χ2v) is 8.72. The molecule has 2 aromatic heterocycles. The fourth-order valence-corrected chi connectivity index (χ4v) is 4.97. The van der Waals surface area contributed by atoms with E-state index >= 15 is 0 Å². The number of halogens is 2. The molecule has 0 bridgehead atoms. The van der Waals surface area contributed by atoms with Gasteiger partial charge in [0, 0.05) is 23.9 Å². The number of nitrogens with zero attached hydrogens (tertiary/aromatic N) is 4. The summed E-state index contributed by atoms with van der Waals surface area (Å²) in [5.74, 6) is -1.49. The molecule has 5 rings (SSSR count). The van der Waals surface area contributed by atoms with E-state index in [2.05, 4.69) is 31.5 Å². The number of rotatable bonds is 5. The molecule has 0 saturated carbocycles. The summed E-state index contributed by atoms with van der Waals surface area (Å²) in [6, 6.07) is 4.54. The maximum atomic E-state index is 14.7. The predicted octanol–water partition coefficient (Wildman–Crippen LogP) is 2.73. The lowest BCUT2D eigenvalue weighted by molar-refractivity contribution is 0.372. The molecule has 12 heteroatoms. The summed E-state index contributed by atoms with van der Waals surface area (Å²) in [6.07, 6.45) is 5.63. The van der Waals surface area contributed by atoms with Gasteiger partial charge >= 0.3 is 0 Å². The van der Waals surface area contributed by atoms with Crippen molar-refractivity contribution in [3.8, 4) is 16.2 Å². The Labute approximate surface area is 192 Å². The van der Waals surface area contributed by atoms with E-state index in [1.165, 1.54) is 24.3 Å². The topological polar surface area (TPSA) is 113 Å². The second-order valence-electron chi connectivity index (χ2n) is 7.65. The van der Waals surface area contributed by atoms with Crippen LogP contribution in [0.3, 0.4) is 0 Å². The van der Waals surface area contributed by atoms with E-state index in [1.54, 1.807) is 17.5 Å². The smallest absolute Gasteiger partial charge is 0.202 e. The zero-order valence-electron chi connectivity index (χ0n) is 17.7. The average Bonchev–Trinajstić information content (AvgIpc) is 3.52. The molecule has 5 N–H and O–H groups in total. The fourth-order valence-electron chi connectivity index (χ4n) is 3.91. The van der Waals surface area contributed by atoms with Crippen LogP contribution < -0.4 is 31.9 Å². The van der Waals surface area contributed by atoms with Crippen LogP contribution in [-0.4, -0.2) is 36.0 Å². The van der Waals surface area contributed by atoms with Crippen LogP contribution >= 0.6 is 11.3 Å². The minimum absolute atomic E-state index is 0.0900. The van der Waals surface area contributed by atoms with Gasteiger partial charge in [-0.1, -0.05) is 0 Å². The number of ether oxygens (including phenoxy) is 1. The van der Waals surface area contributed by atoms with Gasteiger partial charge in [0.05, 0.1) is 22.6 Å². The molecule has 2 aliphatic rings. The van der Waals surface area contributed by atoms with Gasteiger partial charge in [-0.25, -0.2) is 24.9 Å². The van der Waals surface area contributed by atoms with Crippen LogP contribution in [0.5, 0.6) is 5.75 Å². The minimum atomic E-state index is -1.10. The van der Waals surface area contributed by atoms with Crippen molar-refractivity contribution in [2.24, 2.45) is 5.10 Å². The van der Waals surface area contributed by atoms with Gasteiger partial charge in [0.25, 0.3) is 0 Å². The summed E-state index contributed by atoms with van der Waals surface area (Å²) in [6.45, 7) is 1.98. The lowest BCUT2D eigenvalue weighted by Crippen LogP contribution is -2.42. The molecule has 0 spiro atoms. The number of anilines is 2. The Morgan fingerprint density at radius 1 is 1.15 bits per heavy atom. The Kier molecular flexibility index (Phi) is 5.79. The summed E-state index contributed by atoms with van der Waals surface area (Å²) < 4.78 is 33.9. The number of piperidine rings is 1. The maximum Gasteiger partial charge on any atom is 0.202 e. The third-order valence-electron chi connectivity index (χ3n) is 5.68. The summed E-state index contributed by atoms with van der Waals surface area (Å²) in [7, 11) is 1.27. The molecule has 3 aromatic rings. The highest BCUT2D eigenvalue weighted by molar-refractivity contribution is 7.15. The second kappa shape index (κ2) is 8.89. The van der Waals surface area contributed by atoms with Crippen LogP contribution in [0.4, 0.5) is 20.3 Å². The molecule has 0 amide bonds. The lowest BCUT2D eigenvalue weighted by atomic mass is 9.99. The van der Waals surface area contributed by atoms with Gasteiger partial charge in [-0.2, -0.15) is 4.39 Å². The van der Waals surface area contributed by atoms with Crippen molar-refractivity contribution in [1.82, 2.24) is 26.4 Å². The van der Waals surface area contributed by atoms with Crippen LogP contribution in [0.15, 0.2) is 35.7 Å². The first-order valence-corrected chi connectivity index (χ1v) is 11.2. The van der Waals surface area contributed by atoms with Crippen molar-refractivity contribution in [2.45, 2.75) is 18.8 Å². The maximum absolute atomic E-state index is 14.7. The number of hydrogen-bond acceptors (Lipinski definition) is 10. The molecule has 2 aliphatic heterocycles. The number of nitrogens with one attached hydrogen (secondary N) is 3. The van der Waals surface area contributed by atoms with Crippen LogP contribution in [0.1, 0.15) is 29.3 Å². The lowest BCUT2D eigenvalue weighted by Gasteiger charge is -2.21. The van der Waals surface area contributed by atoms with E-state index in [9.17, 15) is 8.78 Å². The third kappa shape index (κ3) is 3.96. The Hall–Kier alpha value is -3.35. The molecular weight excluding hydrogens is 450 g/mol. The van der Waals surface area contributed by atoms with Crippen LogP contribution in [0, 0.1) is 11.6 Å². The van der Waals surface area contributed by atoms with Gasteiger partial charge < -0.3 is 15.8 Å². The van der Waals surface area contributed by atoms with Crippen molar-refractivity contribution < 1.29 is 13.5 Å². The zero-order valence-corrected chi connectivity index (χ0v) is 18.5. The summed E-state index contributed by atoms with van der Waals surface area (Å²) in [5, 5.41) is 9.91. The summed E-state index contributed by atoms with van der Waals surface area (Å²) in [4.78, 5) is 9.89. The van der Waals surface area contributed by atoms with Crippen LogP contribution in [-0.2, 0) is 0 Å². The number of methoxy groups -OCH3 is 1. The highest BCUT2D eigenvalue weighted by Gasteiger charge is 2.28. The molecule has 0 unspecified atom stereocenters. The first-order valence-electron chi connectivity index (χ1n) is 10.4. The monoisotopic (exact) mass is 472 g/mol. The average molecular weight is 473 g/mol. The molecule has 0 atom stereocenters. The largest absolute Gasteiger partial charge is 0.494 e. The highest BCUT2D eigenvalue weighted by atomic mass is 32.1. The van der Waals surface area contributed by atoms with E-state index in [0.717, 1.165) is 41.4 Å². The SMILES string of the molecule is COc1ccc(N2NNN=C2c2cc(-c3cnc(C4CCNCC4)s3)cnc2N)c(F)c1F. The third-order valence-corrected chi connectivity index (χ3v) is 6.89.